The number of carbonyl (C=O) groups excluding carboxylic acids is 1. The summed E-state index contributed by atoms with van der Waals surface area (Å²) in [6.07, 6.45) is 1.98. The van der Waals surface area contributed by atoms with E-state index in [1.165, 1.54) is 0 Å². The Kier molecular flexibility index (Phi) is 3.34. The molecule has 5 heteroatoms. The lowest BCUT2D eigenvalue weighted by atomic mass is 10.1. The molecule has 0 bridgehead atoms. The summed E-state index contributed by atoms with van der Waals surface area (Å²) in [5.74, 6) is 0.961. The van der Waals surface area contributed by atoms with Gasteiger partial charge in [-0.25, -0.2) is 4.79 Å². The lowest BCUT2D eigenvalue weighted by Crippen LogP contribution is -2.50. The molecule has 1 saturated heterocycles. The van der Waals surface area contributed by atoms with Gasteiger partial charge in [-0.1, -0.05) is 0 Å². The largest absolute Gasteiger partial charge is 0.444 e. The van der Waals surface area contributed by atoms with Crippen molar-refractivity contribution in [2.45, 2.75) is 50.0 Å². The van der Waals surface area contributed by atoms with Crippen LogP contribution in [-0.4, -0.2) is 46.2 Å². The topological polar surface area (TPSA) is 55.6 Å². The molecule has 1 atom stereocenters. The number of hydrogen-bond acceptors (Lipinski definition) is 4. The van der Waals surface area contributed by atoms with Crippen LogP contribution >= 0.6 is 11.8 Å². The molecule has 98 valence electrons. The lowest BCUT2D eigenvalue weighted by molar-refractivity contribution is 0.0253. The molecule has 4 nitrogen and oxygen atoms in total. The molecule has 2 aliphatic rings. The third-order valence-corrected chi connectivity index (χ3v) is 4.63. The van der Waals surface area contributed by atoms with E-state index in [4.69, 9.17) is 10.5 Å². The maximum Gasteiger partial charge on any atom is 0.410 e. The first-order valence-electron chi connectivity index (χ1n) is 6.19. The van der Waals surface area contributed by atoms with E-state index < -0.39 is 5.60 Å². The highest BCUT2D eigenvalue weighted by Gasteiger charge is 2.48. The van der Waals surface area contributed by atoms with Crippen molar-refractivity contribution in [2.75, 3.05) is 18.8 Å². The second-order valence-electron chi connectivity index (χ2n) is 6.02. The molecular formula is C12H22N2O2S. The molecule has 17 heavy (non-hydrogen) atoms. The molecule has 1 aliphatic carbocycles. The highest BCUT2D eigenvalue weighted by atomic mass is 32.2. The Morgan fingerprint density at radius 2 is 2.12 bits per heavy atom. The second-order valence-corrected chi connectivity index (χ2v) is 7.33. The third-order valence-electron chi connectivity index (χ3n) is 3.19. The van der Waals surface area contributed by atoms with E-state index in [1.807, 2.05) is 32.5 Å². The fourth-order valence-corrected chi connectivity index (χ4v) is 3.42. The summed E-state index contributed by atoms with van der Waals surface area (Å²) in [7, 11) is 0. The van der Waals surface area contributed by atoms with Crippen molar-refractivity contribution < 1.29 is 9.53 Å². The highest BCUT2D eigenvalue weighted by Crippen LogP contribution is 2.43. The average molecular weight is 258 g/mol. The number of carbonyl (C=O) groups is 1. The van der Waals surface area contributed by atoms with Gasteiger partial charge in [-0.15, -0.1) is 0 Å². The molecule has 0 radical (unpaired) electrons. The van der Waals surface area contributed by atoms with Crippen LogP contribution < -0.4 is 5.73 Å². The predicted molar refractivity (Wildman–Crippen MR) is 70.2 cm³/mol. The van der Waals surface area contributed by atoms with E-state index in [0.717, 1.165) is 31.7 Å². The standard InChI is InChI=1S/C12H22N2O2S/c1-11(2,3)16-10(15)14-6-7-17-9(8-14)12(13)4-5-12/h9H,4-8,13H2,1-3H3. The van der Waals surface area contributed by atoms with Crippen molar-refractivity contribution in [3.8, 4) is 0 Å². The Morgan fingerprint density at radius 1 is 1.47 bits per heavy atom. The first-order chi connectivity index (χ1) is 7.80. The van der Waals surface area contributed by atoms with Crippen molar-refractivity contribution in [3.05, 3.63) is 0 Å². The molecule has 0 aromatic carbocycles. The number of nitrogens with two attached hydrogens (primary N) is 1. The molecule has 2 N–H and O–H groups in total. The van der Waals surface area contributed by atoms with Gasteiger partial charge in [-0.2, -0.15) is 11.8 Å². The predicted octanol–water partition coefficient (Wildman–Crippen LogP) is 1.83. The quantitative estimate of drug-likeness (QED) is 0.779. The number of ether oxygens (including phenoxy) is 1. The van der Waals surface area contributed by atoms with Crippen LogP contribution in [0.4, 0.5) is 4.79 Å². The van der Waals surface area contributed by atoms with Crippen LogP contribution in [0.15, 0.2) is 0 Å². The minimum atomic E-state index is -0.419. The van der Waals surface area contributed by atoms with Crippen LogP contribution in [0.3, 0.4) is 0 Å². The molecule has 1 amide bonds. The third kappa shape index (κ3) is 3.28. The Morgan fingerprint density at radius 3 is 2.65 bits per heavy atom. The number of nitrogens with zero attached hydrogens (tertiary/aromatic N) is 1. The van der Waals surface area contributed by atoms with Gasteiger partial charge in [0.15, 0.2) is 0 Å². The molecule has 1 saturated carbocycles. The maximum atomic E-state index is 12.0. The van der Waals surface area contributed by atoms with Crippen molar-refractivity contribution in [1.29, 1.82) is 0 Å². The zero-order chi connectivity index (χ0) is 12.7. The number of amides is 1. The van der Waals surface area contributed by atoms with Crippen molar-refractivity contribution >= 4 is 17.9 Å². The number of rotatable bonds is 1. The Labute approximate surface area is 107 Å². The highest BCUT2D eigenvalue weighted by molar-refractivity contribution is 8.00. The van der Waals surface area contributed by atoms with Crippen molar-refractivity contribution in [2.24, 2.45) is 5.73 Å². The van der Waals surface area contributed by atoms with Crippen molar-refractivity contribution in [1.82, 2.24) is 4.90 Å². The SMILES string of the molecule is CC(C)(C)OC(=O)N1CCSC(C2(N)CC2)C1. The Bertz CT molecular complexity index is 310. The van der Waals surface area contributed by atoms with E-state index in [1.54, 1.807) is 4.90 Å². The van der Waals surface area contributed by atoms with E-state index in [2.05, 4.69) is 0 Å². The molecule has 1 aliphatic heterocycles. The summed E-state index contributed by atoms with van der Waals surface area (Å²) < 4.78 is 5.40. The fraction of sp³-hybridized carbons (Fsp3) is 0.917. The summed E-state index contributed by atoms with van der Waals surface area (Å²) in [5, 5.41) is 0.378. The van der Waals surface area contributed by atoms with Gasteiger partial charge in [0.2, 0.25) is 0 Å². The summed E-state index contributed by atoms with van der Waals surface area (Å²) in [5.41, 5.74) is 5.77. The van der Waals surface area contributed by atoms with Crippen LogP contribution in [0.1, 0.15) is 33.6 Å². The monoisotopic (exact) mass is 258 g/mol. The number of hydrogen-bond donors (Lipinski definition) is 1. The van der Waals surface area contributed by atoms with E-state index in [-0.39, 0.29) is 11.6 Å². The molecule has 0 aromatic rings. The van der Waals surface area contributed by atoms with Crippen LogP contribution in [0.25, 0.3) is 0 Å². The Balaban J connectivity index is 1.91. The van der Waals surface area contributed by atoms with Gasteiger partial charge >= 0.3 is 6.09 Å². The van der Waals surface area contributed by atoms with Crippen LogP contribution in [-0.2, 0) is 4.74 Å². The van der Waals surface area contributed by atoms with Crippen LogP contribution in [0.5, 0.6) is 0 Å². The molecule has 2 fully saturated rings. The molecule has 0 spiro atoms. The van der Waals surface area contributed by atoms with Gasteiger partial charge in [-0.05, 0) is 33.6 Å². The molecule has 1 unspecified atom stereocenters. The lowest BCUT2D eigenvalue weighted by Gasteiger charge is -2.36. The van der Waals surface area contributed by atoms with Crippen molar-refractivity contribution in [3.63, 3.8) is 0 Å². The zero-order valence-electron chi connectivity index (χ0n) is 10.9. The fourth-order valence-electron chi connectivity index (χ4n) is 1.96. The van der Waals surface area contributed by atoms with Gasteiger partial charge in [0, 0.05) is 29.6 Å². The molecule has 0 aromatic heterocycles. The van der Waals surface area contributed by atoms with Gasteiger partial charge in [-0.3, -0.25) is 0 Å². The minimum Gasteiger partial charge on any atom is -0.444 e. The molecule has 1 heterocycles. The molecular weight excluding hydrogens is 236 g/mol. The summed E-state index contributed by atoms with van der Waals surface area (Å²) in [6, 6.07) is 0. The van der Waals surface area contributed by atoms with Gasteiger partial charge in [0.1, 0.15) is 5.60 Å². The summed E-state index contributed by atoms with van der Waals surface area (Å²) in [4.78, 5) is 13.8. The average Bonchev–Trinajstić information content (AvgIpc) is 2.96. The second kappa shape index (κ2) is 4.35. The van der Waals surface area contributed by atoms with Crippen LogP contribution in [0, 0.1) is 0 Å². The molecule has 2 rings (SSSR count). The van der Waals surface area contributed by atoms with E-state index in [9.17, 15) is 4.79 Å². The van der Waals surface area contributed by atoms with E-state index in [0.29, 0.717) is 5.25 Å². The summed E-state index contributed by atoms with van der Waals surface area (Å²) in [6.45, 7) is 7.19. The van der Waals surface area contributed by atoms with Gasteiger partial charge in [0.05, 0.1) is 0 Å². The first-order valence-corrected chi connectivity index (χ1v) is 7.23. The zero-order valence-corrected chi connectivity index (χ0v) is 11.7. The normalized spacial score (nSPS) is 27.8. The first kappa shape index (κ1) is 13.0. The van der Waals surface area contributed by atoms with Gasteiger partial charge < -0.3 is 15.4 Å². The Hall–Kier alpha value is -0.420. The van der Waals surface area contributed by atoms with Crippen LogP contribution in [0.2, 0.25) is 0 Å². The van der Waals surface area contributed by atoms with E-state index >= 15 is 0 Å². The van der Waals surface area contributed by atoms with Gasteiger partial charge in [0.25, 0.3) is 0 Å². The number of thioether (sulfide) groups is 1. The minimum absolute atomic E-state index is 0.0225. The maximum absolute atomic E-state index is 12.0. The summed E-state index contributed by atoms with van der Waals surface area (Å²) >= 11 is 1.90. The smallest absolute Gasteiger partial charge is 0.410 e.